The van der Waals surface area contributed by atoms with Gasteiger partial charge < -0.3 is 53.8 Å². The first-order valence-electron chi connectivity index (χ1n) is 18.5. The summed E-state index contributed by atoms with van der Waals surface area (Å²) in [5.74, 6) is -4.13. The molecule has 2 rings (SSSR count). The highest BCUT2D eigenvalue weighted by Gasteiger charge is 2.30. The van der Waals surface area contributed by atoms with E-state index in [9.17, 15) is 34.0 Å². The summed E-state index contributed by atoms with van der Waals surface area (Å²) in [4.78, 5) is 65.8. The Balaban J connectivity index is 2.07. The molecule has 0 aliphatic rings. The van der Waals surface area contributed by atoms with E-state index in [1.165, 1.54) is 19.4 Å². The second kappa shape index (κ2) is 24.1. The molecule has 0 aliphatic heterocycles. The third-order valence-electron chi connectivity index (χ3n) is 8.84. The molecule has 0 aliphatic carbocycles. The molecule has 0 fully saturated rings. The van der Waals surface area contributed by atoms with Gasteiger partial charge in [0.1, 0.15) is 24.2 Å². The largest absolute Gasteiger partial charge is 0.475 e. The number of hydrogen-bond acceptors (Lipinski definition) is 10. The van der Waals surface area contributed by atoms with Gasteiger partial charge in [-0.25, -0.2) is 0 Å². The van der Waals surface area contributed by atoms with Gasteiger partial charge in [-0.15, -0.1) is 0 Å². The van der Waals surface area contributed by atoms with Crippen LogP contribution in [0.15, 0.2) is 48.5 Å². The predicted molar refractivity (Wildman–Crippen MR) is 206 cm³/mol. The van der Waals surface area contributed by atoms with Crippen LogP contribution in [0.5, 0.6) is 0 Å². The molecule has 0 heterocycles. The third-order valence-corrected chi connectivity index (χ3v) is 8.84. The summed E-state index contributed by atoms with van der Waals surface area (Å²) in [7, 11) is -1.80. The van der Waals surface area contributed by atoms with Crippen LogP contribution in [0.25, 0.3) is 11.1 Å². The van der Waals surface area contributed by atoms with E-state index < -0.39 is 66.8 Å². The molecule has 0 saturated carbocycles. The van der Waals surface area contributed by atoms with Crippen molar-refractivity contribution >= 4 is 36.7 Å². The number of amides is 5. The zero-order chi connectivity index (χ0) is 39.3. The maximum atomic E-state index is 13.4. The number of nitrogens with one attached hydrogen (secondary N) is 5. The lowest BCUT2D eigenvalue weighted by atomic mass is 9.81. The Morgan fingerprint density at radius 1 is 0.623 bits per heavy atom. The summed E-state index contributed by atoms with van der Waals surface area (Å²) in [6.45, 7) is 5.50. The van der Waals surface area contributed by atoms with E-state index in [1.54, 1.807) is 12.1 Å². The third kappa shape index (κ3) is 15.7. The first-order chi connectivity index (χ1) is 25.3. The summed E-state index contributed by atoms with van der Waals surface area (Å²) in [5, 5.41) is 31.7. The van der Waals surface area contributed by atoms with Gasteiger partial charge in [0.25, 0.3) is 5.91 Å². The highest BCUT2D eigenvalue weighted by Crippen LogP contribution is 2.21. The van der Waals surface area contributed by atoms with E-state index in [4.69, 9.17) is 17.2 Å². The molecule has 0 unspecified atom stereocenters. The van der Waals surface area contributed by atoms with Crippen molar-refractivity contribution < 1.29 is 34.0 Å². The average molecular weight is 739 g/mol. The number of nitrogens with two attached hydrogens (primary N) is 3. The molecule has 292 valence electrons. The normalized spacial score (nSPS) is 13.8. The molecule has 0 spiro atoms. The minimum Gasteiger partial charge on any atom is -0.426 e. The molecule has 0 radical (unpaired) electrons. The molecule has 15 nitrogen and oxygen atoms in total. The molecule has 0 saturated heterocycles. The number of carbonyl (C=O) groups excluding carboxylic acids is 5. The van der Waals surface area contributed by atoms with Crippen LogP contribution in [-0.4, -0.2) is 96.4 Å². The summed E-state index contributed by atoms with van der Waals surface area (Å²) in [6.07, 6.45) is 5.88. The molecular weight excluding hydrogens is 679 g/mol. The second-order valence-electron chi connectivity index (χ2n) is 13.3. The van der Waals surface area contributed by atoms with Gasteiger partial charge in [-0.3, -0.25) is 24.0 Å². The maximum absolute atomic E-state index is 13.4. The van der Waals surface area contributed by atoms with Gasteiger partial charge in [0.15, 0.2) is 0 Å². The number of aryl methyl sites for hydroxylation is 1. The predicted octanol–water partition coefficient (Wildman–Crippen LogP) is 0.00230. The quantitative estimate of drug-likeness (QED) is 0.0509. The van der Waals surface area contributed by atoms with E-state index in [-0.39, 0.29) is 19.4 Å². The van der Waals surface area contributed by atoms with Crippen molar-refractivity contribution in [1.29, 1.82) is 0 Å². The van der Waals surface area contributed by atoms with Crippen LogP contribution in [0.1, 0.15) is 88.1 Å². The van der Waals surface area contributed by atoms with Gasteiger partial charge in [0.05, 0.1) is 5.94 Å². The average Bonchev–Trinajstić information content (AvgIpc) is 3.15. The Morgan fingerprint density at radius 2 is 1.11 bits per heavy atom. The first kappa shape index (κ1) is 44.8. The van der Waals surface area contributed by atoms with Gasteiger partial charge in [0.2, 0.25) is 23.6 Å². The van der Waals surface area contributed by atoms with Crippen LogP contribution >= 0.6 is 0 Å². The smallest absolute Gasteiger partial charge is 0.426 e. The molecule has 5 amide bonds. The van der Waals surface area contributed by atoms with Crippen LogP contribution in [0.3, 0.4) is 0 Å². The zero-order valence-corrected chi connectivity index (χ0v) is 31.2. The maximum Gasteiger partial charge on any atom is 0.475 e. The van der Waals surface area contributed by atoms with Gasteiger partial charge in [-0.05, 0) is 107 Å². The van der Waals surface area contributed by atoms with Crippen LogP contribution in [0, 0.1) is 0 Å². The van der Waals surface area contributed by atoms with Crippen molar-refractivity contribution in [3.05, 3.63) is 59.7 Å². The molecule has 0 bridgehead atoms. The van der Waals surface area contributed by atoms with E-state index in [0.29, 0.717) is 44.3 Å². The standard InChI is InChI=1S/C37H59BN8O7/c1-4-5-10-26-13-15-27(16-14-26)28-17-19-29(20-18-28)34(48)46-32(23-41)37(51)45-30(11-6-8-21-39)35(49)42-24(2)33(47)44-31(12-7-9-22-40)36(50)43-25(3)38(52)53/h13-20,24-25,30-32,52-53H,4-12,21-23,39-41H2,1-3H3,(H,42,49)(H,43,50)(H,44,47)(H,45,51)(H,46,48)/t24-,25-,30-,31-,32-/m0/s1. The molecule has 2 aromatic carbocycles. The van der Waals surface area contributed by atoms with Crippen molar-refractivity contribution in [3.63, 3.8) is 0 Å². The molecule has 5 atom stereocenters. The summed E-state index contributed by atoms with van der Waals surface area (Å²) >= 11 is 0. The number of hydrogen-bond donors (Lipinski definition) is 10. The molecule has 0 aromatic heterocycles. The van der Waals surface area contributed by atoms with E-state index >= 15 is 0 Å². The highest BCUT2D eigenvalue weighted by atomic mass is 16.4. The van der Waals surface area contributed by atoms with Crippen LogP contribution < -0.4 is 43.8 Å². The summed E-state index contributed by atoms with van der Waals surface area (Å²) in [6, 6.07) is 10.9. The zero-order valence-electron chi connectivity index (χ0n) is 31.2. The molecule has 2 aromatic rings. The Labute approximate surface area is 313 Å². The first-order valence-corrected chi connectivity index (χ1v) is 18.5. The van der Waals surface area contributed by atoms with Gasteiger partial charge in [-0.1, -0.05) is 49.7 Å². The fraction of sp³-hybridized carbons (Fsp3) is 0.541. The van der Waals surface area contributed by atoms with E-state index in [2.05, 4.69) is 57.8 Å². The summed E-state index contributed by atoms with van der Waals surface area (Å²) < 4.78 is 0. The van der Waals surface area contributed by atoms with Crippen molar-refractivity contribution in [1.82, 2.24) is 26.6 Å². The minimum absolute atomic E-state index is 0.195. The van der Waals surface area contributed by atoms with E-state index in [0.717, 1.165) is 30.4 Å². The van der Waals surface area contributed by atoms with Gasteiger partial charge in [-0.2, -0.15) is 0 Å². The Hall–Kier alpha value is -4.35. The SMILES string of the molecule is CCCCc1ccc(-c2ccc(C(=O)N[C@@H](CN)C(=O)N[C@@H](CCCCN)C(=O)N[C@@H](C)C(=O)N[C@@H](CCCCN)C(=O)N[C@@H](C)B(O)O)cc2)cc1. The lowest BCUT2D eigenvalue weighted by Crippen LogP contribution is -2.59. The van der Waals surface area contributed by atoms with Gasteiger partial charge in [0, 0.05) is 12.1 Å². The Morgan fingerprint density at radius 3 is 1.60 bits per heavy atom. The van der Waals surface area contributed by atoms with E-state index in [1.807, 2.05) is 12.1 Å². The fourth-order valence-electron chi connectivity index (χ4n) is 5.40. The van der Waals surface area contributed by atoms with Gasteiger partial charge >= 0.3 is 7.12 Å². The lowest BCUT2D eigenvalue weighted by Gasteiger charge is -2.25. The second-order valence-corrected chi connectivity index (χ2v) is 13.3. The van der Waals surface area contributed by atoms with Crippen molar-refractivity contribution in [2.24, 2.45) is 17.2 Å². The fourth-order valence-corrected chi connectivity index (χ4v) is 5.40. The van der Waals surface area contributed by atoms with Crippen molar-refractivity contribution in [2.75, 3.05) is 19.6 Å². The topological polar surface area (TPSA) is 264 Å². The number of unbranched alkanes of at least 4 members (excludes halogenated alkanes) is 3. The van der Waals surface area contributed by atoms with Crippen molar-refractivity contribution in [2.45, 2.75) is 109 Å². The van der Waals surface area contributed by atoms with Crippen molar-refractivity contribution in [3.8, 4) is 11.1 Å². The Kier molecular flexibility index (Phi) is 20.3. The molecule has 16 heteroatoms. The molecule has 53 heavy (non-hydrogen) atoms. The minimum atomic E-state index is -1.80. The Bertz CT molecular complexity index is 1450. The van der Waals surface area contributed by atoms with Crippen LogP contribution in [-0.2, 0) is 25.6 Å². The number of rotatable bonds is 24. The highest BCUT2D eigenvalue weighted by molar-refractivity contribution is 6.43. The molecule has 13 N–H and O–H groups in total. The lowest BCUT2D eigenvalue weighted by molar-refractivity contribution is -0.133. The summed E-state index contributed by atoms with van der Waals surface area (Å²) in [5.41, 5.74) is 20.7. The van der Waals surface area contributed by atoms with Crippen LogP contribution in [0.2, 0.25) is 0 Å². The monoisotopic (exact) mass is 738 g/mol. The van der Waals surface area contributed by atoms with Crippen LogP contribution in [0.4, 0.5) is 0 Å². The molecular formula is C37H59BN8O7. The number of carbonyl (C=O) groups is 5. The number of benzene rings is 2.